The second-order valence-corrected chi connectivity index (χ2v) is 4.51. The monoisotopic (exact) mass is 209 g/mol. The van der Waals surface area contributed by atoms with Crippen LogP contribution in [0.2, 0.25) is 0 Å². The van der Waals surface area contributed by atoms with E-state index in [-0.39, 0.29) is 12.0 Å². The molecule has 1 amide bonds. The maximum absolute atomic E-state index is 11.0. The van der Waals surface area contributed by atoms with Crippen molar-refractivity contribution in [3.63, 3.8) is 0 Å². The lowest BCUT2D eigenvalue weighted by Gasteiger charge is -2.30. The zero-order chi connectivity index (χ0) is 10.7. The molecule has 0 bridgehead atoms. The van der Waals surface area contributed by atoms with Crippen LogP contribution in [-0.4, -0.2) is 24.7 Å². The molecule has 3 heteroatoms. The molecule has 15 heavy (non-hydrogen) atoms. The quantitative estimate of drug-likeness (QED) is 0.715. The van der Waals surface area contributed by atoms with Gasteiger partial charge in [0.15, 0.2) is 0 Å². The molecule has 3 nitrogen and oxygen atoms in total. The van der Waals surface area contributed by atoms with E-state index in [2.05, 4.69) is 11.9 Å². The fourth-order valence-corrected chi connectivity index (χ4v) is 2.18. The first-order valence-electron chi connectivity index (χ1n) is 5.85. The standard InChI is InChI=1S/C12H19NO2/c1-2-12(14)13-8-10-4-3-5-11(15-10)9-6-7-9/h2,9-11H,1,3-8H2,(H,13,14). The molecule has 1 aliphatic carbocycles. The maximum atomic E-state index is 11.0. The summed E-state index contributed by atoms with van der Waals surface area (Å²) in [6.07, 6.45) is 8.15. The molecule has 2 rings (SSSR count). The van der Waals surface area contributed by atoms with Crippen molar-refractivity contribution in [2.24, 2.45) is 5.92 Å². The van der Waals surface area contributed by atoms with Crippen LogP contribution >= 0.6 is 0 Å². The molecule has 0 spiro atoms. The van der Waals surface area contributed by atoms with Gasteiger partial charge in [-0.1, -0.05) is 6.58 Å². The van der Waals surface area contributed by atoms with Crippen molar-refractivity contribution < 1.29 is 9.53 Å². The van der Waals surface area contributed by atoms with Gasteiger partial charge in [-0.25, -0.2) is 0 Å². The third kappa shape index (κ3) is 3.06. The Balaban J connectivity index is 1.72. The van der Waals surface area contributed by atoms with Gasteiger partial charge in [0.1, 0.15) is 0 Å². The molecule has 2 atom stereocenters. The van der Waals surface area contributed by atoms with E-state index in [9.17, 15) is 4.79 Å². The highest BCUT2D eigenvalue weighted by atomic mass is 16.5. The highest BCUT2D eigenvalue weighted by Crippen LogP contribution is 2.39. The lowest BCUT2D eigenvalue weighted by molar-refractivity contribution is -0.118. The van der Waals surface area contributed by atoms with Crippen molar-refractivity contribution in [2.75, 3.05) is 6.54 Å². The lowest BCUT2D eigenvalue weighted by atomic mass is 10.0. The van der Waals surface area contributed by atoms with E-state index in [1.54, 1.807) is 0 Å². The van der Waals surface area contributed by atoms with E-state index >= 15 is 0 Å². The second-order valence-electron chi connectivity index (χ2n) is 4.51. The average molecular weight is 209 g/mol. The predicted octanol–water partition coefficient (Wildman–Crippen LogP) is 1.64. The fraction of sp³-hybridized carbons (Fsp3) is 0.750. The van der Waals surface area contributed by atoms with E-state index < -0.39 is 0 Å². The third-order valence-electron chi connectivity index (χ3n) is 3.22. The molecule has 2 fully saturated rings. The molecule has 2 aliphatic rings. The molecule has 1 N–H and O–H groups in total. The third-order valence-corrected chi connectivity index (χ3v) is 3.22. The van der Waals surface area contributed by atoms with Gasteiger partial charge in [-0.15, -0.1) is 0 Å². The molecule has 1 saturated heterocycles. The summed E-state index contributed by atoms with van der Waals surface area (Å²) < 4.78 is 5.96. The van der Waals surface area contributed by atoms with Crippen LogP contribution < -0.4 is 5.32 Å². The Hall–Kier alpha value is -0.830. The van der Waals surface area contributed by atoms with Crippen LogP contribution in [0.3, 0.4) is 0 Å². The zero-order valence-electron chi connectivity index (χ0n) is 9.08. The van der Waals surface area contributed by atoms with Gasteiger partial charge in [-0.05, 0) is 44.1 Å². The van der Waals surface area contributed by atoms with Crippen LogP contribution in [0, 0.1) is 5.92 Å². The van der Waals surface area contributed by atoms with Crippen molar-refractivity contribution >= 4 is 5.91 Å². The van der Waals surface area contributed by atoms with Crippen LogP contribution in [0.15, 0.2) is 12.7 Å². The minimum absolute atomic E-state index is 0.104. The van der Waals surface area contributed by atoms with Gasteiger partial charge in [0, 0.05) is 6.54 Å². The number of nitrogens with one attached hydrogen (secondary N) is 1. The lowest BCUT2D eigenvalue weighted by Crippen LogP contribution is -2.38. The first kappa shape index (κ1) is 10.7. The van der Waals surface area contributed by atoms with Crippen molar-refractivity contribution in [1.82, 2.24) is 5.32 Å². The largest absolute Gasteiger partial charge is 0.373 e. The number of carbonyl (C=O) groups excluding carboxylic acids is 1. The summed E-state index contributed by atoms with van der Waals surface area (Å²) in [5.74, 6) is 0.704. The fourth-order valence-electron chi connectivity index (χ4n) is 2.18. The zero-order valence-corrected chi connectivity index (χ0v) is 9.08. The van der Waals surface area contributed by atoms with Crippen molar-refractivity contribution in [2.45, 2.75) is 44.3 Å². The molecular weight excluding hydrogens is 190 g/mol. The Morgan fingerprint density at radius 2 is 2.20 bits per heavy atom. The molecule has 1 saturated carbocycles. The van der Waals surface area contributed by atoms with E-state index in [4.69, 9.17) is 4.74 Å². The number of carbonyl (C=O) groups is 1. The number of rotatable bonds is 4. The Morgan fingerprint density at radius 3 is 2.87 bits per heavy atom. The molecule has 0 aromatic carbocycles. The topological polar surface area (TPSA) is 38.3 Å². The van der Waals surface area contributed by atoms with E-state index in [1.165, 1.54) is 31.8 Å². The van der Waals surface area contributed by atoms with Crippen molar-refractivity contribution in [3.8, 4) is 0 Å². The molecule has 2 unspecified atom stereocenters. The van der Waals surface area contributed by atoms with Crippen molar-refractivity contribution in [1.29, 1.82) is 0 Å². The van der Waals surface area contributed by atoms with Gasteiger partial charge in [-0.2, -0.15) is 0 Å². The molecule has 1 heterocycles. The summed E-state index contributed by atoms with van der Waals surface area (Å²) in [6.45, 7) is 4.06. The molecule has 0 radical (unpaired) electrons. The Bertz CT molecular complexity index is 248. The minimum atomic E-state index is -0.104. The van der Waals surface area contributed by atoms with Gasteiger partial charge < -0.3 is 10.1 Å². The SMILES string of the molecule is C=CC(=O)NCC1CCCC(C2CC2)O1. The van der Waals surface area contributed by atoms with Gasteiger partial charge in [0.25, 0.3) is 0 Å². The maximum Gasteiger partial charge on any atom is 0.243 e. The second kappa shape index (κ2) is 4.79. The Morgan fingerprint density at radius 1 is 1.40 bits per heavy atom. The Labute approximate surface area is 90.9 Å². The van der Waals surface area contributed by atoms with Gasteiger partial charge in [0.2, 0.25) is 5.91 Å². The Kier molecular flexibility index (Phi) is 3.41. The van der Waals surface area contributed by atoms with E-state index in [0.717, 1.165) is 12.3 Å². The summed E-state index contributed by atoms with van der Waals surface area (Å²) in [4.78, 5) is 11.0. The number of ether oxygens (including phenoxy) is 1. The highest BCUT2D eigenvalue weighted by molar-refractivity contribution is 5.86. The number of hydrogen-bond donors (Lipinski definition) is 1. The normalized spacial score (nSPS) is 30.9. The molecule has 0 aromatic heterocycles. The smallest absolute Gasteiger partial charge is 0.243 e. The van der Waals surface area contributed by atoms with E-state index in [1.807, 2.05) is 0 Å². The first-order chi connectivity index (χ1) is 7.29. The molecule has 84 valence electrons. The summed E-state index contributed by atoms with van der Waals surface area (Å²) in [6, 6.07) is 0. The van der Waals surface area contributed by atoms with Crippen LogP contribution in [-0.2, 0) is 9.53 Å². The van der Waals surface area contributed by atoms with Crippen LogP contribution in [0.5, 0.6) is 0 Å². The average Bonchev–Trinajstić information content (AvgIpc) is 3.10. The number of hydrogen-bond acceptors (Lipinski definition) is 2. The predicted molar refractivity (Wildman–Crippen MR) is 58.4 cm³/mol. The number of amides is 1. The van der Waals surface area contributed by atoms with Gasteiger partial charge in [0.05, 0.1) is 12.2 Å². The molecular formula is C12H19NO2. The van der Waals surface area contributed by atoms with Crippen LogP contribution in [0.4, 0.5) is 0 Å². The van der Waals surface area contributed by atoms with Gasteiger partial charge >= 0.3 is 0 Å². The summed E-state index contributed by atoms with van der Waals surface area (Å²) in [5.41, 5.74) is 0. The van der Waals surface area contributed by atoms with Crippen LogP contribution in [0.1, 0.15) is 32.1 Å². The van der Waals surface area contributed by atoms with Gasteiger partial charge in [-0.3, -0.25) is 4.79 Å². The summed E-state index contributed by atoms with van der Waals surface area (Å²) in [5, 5.41) is 2.80. The van der Waals surface area contributed by atoms with Crippen molar-refractivity contribution in [3.05, 3.63) is 12.7 Å². The summed E-state index contributed by atoms with van der Waals surface area (Å²) in [7, 11) is 0. The highest BCUT2D eigenvalue weighted by Gasteiger charge is 2.35. The summed E-state index contributed by atoms with van der Waals surface area (Å²) >= 11 is 0. The molecule has 0 aromatic rings. The van der Waals surface area contributed by atoms with E-state index in [0.29, 0.717) is 12.6 Å². The van der Waals surface area contributed by atoms with Crippen LogP contribution in [0.25, 0.3) is 0 Å². The first-order valence-corrected chi connectivity index (χ1v) is 5.85. The minimum Gasteiger partial charge on any atom is -0.373 e. The molecule has 1 aliphatic heterocycles.